The molecule has 0 saturated heterocycles. The predicted octanol–water partition coefficient (Wildman–Crippen LogP) is 4.40. The summed E-state index contributed by atoms with van der Waals surface area (Å²) >= 11 is 3.05. The van der Waals surface area contributed by atoms with Crippen molar-refractivity contribution in [2.75, 3.05) is 14.2 Å². The van der Waals surface area contributed by atoms with Gasteiger partial charge in [0.15, 0.2) is 0 Å². The van der Waals surface area contributed by atoms with Gasteiger partial charge in [-0.15, -0.1) is 11.3 Å². The molecule has 1 aromatic carbocycles. The Hall–Kier alpha value is -2.63. The van der Waals surface area contributed by atoms with E-state index >= 15 is 0 Å². The van der Waals surface area contributed by atoms with E-state index in [1.165, 1.54) is 11.8 Å². The molecular formula is C19H18N4O2S2. The van der Waals surface area contributed by atoms with Gasteiger partial charge in [-0.1, -0.05) is 11.8 Å². The van der Waals surface area contributed by atoms with E-state index in [1.54, 1.807) is 25.6 Å². The normalized spacial score (nSPS) is 10.5. The molecule has 3 rings (SSSR count). The molecule has 0 atom stereocenters. The highest BCUT2D eigenvalue weighted by Crippen LogP contribution is 2.36. The van der Waals surface area contributed by atoms with Crippen molar-refractivity contribution in [3.63, 3.8) is 0 Å². The minimum atomic E-state index is 0.526. The van der Waals surface area contributed by atoms with Gasteiger partial charge in [0.05, 0.1) is 31.2 Å². The average Bonchev–Trinajstić information content (AvgIpc) is 3.14. The van der Waals surface area contributed by atoms with Crippen molar-refractivity contribution in [2.24, 2.45) is 0 Å². The number of nitriles is 1. The van der Waals surface area contributed by atoms with Crippen LogP contribution in [0.3, 0.4) is 0 Å². The first kappa shape index (κ1) is 19.1. The fourth-order valence-electron chi connectivity index (χ4n) is 2.53. The zero-order valence-corrected chi connectivity index (χ0v) is 17.1. The highest BCUT2D eigenvalue weighted by atomic mass is 32.2. The number of aryl methyl sites for hydroxylation is 2. The van der Waals surface area contributed by atoms with Gasteiger partial charge in [0, 0.05) is 17.2 Å². The molecule has 0 N–H and O–H groups in total. The summed E-state index contributed by atoms with van der Waals surface area (Å²) in [5, 5.41) is 12.9. The molecule has 138 valence electrons. The Labute approximate surface area is 166 Å². The Morgan fingerprint density at radius 2 is 1.96 bits per heavy atom. The molecule has 0 radical (unpaired) electrons. The molecule has 3 aromatic rings. The van der Waals surface area contributed by atoms with Crippen LogP contribution < -0.4 is 9.47 Å². The summed E-state index contributed by atoms with van der Waals surface area (Å²) in [6.07, 6.45) is 0. The third-order valence-corrected chi connectivity index (χ3v) is 5.76. The monoisotopic (exact) mass is 398 g/mol. The SMILES string of the molecule is COc1ccc(-c2nc(CSc3nc(C)nc(C)c3C#N)cs2)c(OC)c1. The molecule has 2 heterocycles. The van der Waals surface area contributed by atoms with E-state index in [1.807, 2.05) is 37.4 Å². The van der Waals surface area contributed by atoms with Crippen molar-refractivity contribution < 1.29 is 9.47 Å². The van der Waals surface area contributed by atoms with Gasteiger partial charge in [0.2, 0.25) is 0 Å². The number of thioether (sulfide) groups is 1. The third-order valence-electron chi connectivity index (χ3n) is 3.83. The molecule has 0 aliphatic rings. The van der Waals surface area contributed by atoms with Crippen LogP contribution in [-0.2, 0) is 5.75 Å². The lowest BCUT2D eigenvalue weighted by atomic mass is 10.2. The quantitative estimate of drug-likeness (QED) is 0.450. The second-order valence-corrected chi connectivity index (χ2v) is 7.47. The Kier molecular flexibility index (Phi) is 5.94. The molecule has 0 spiro atoms. The van der Waals surface area contributed by atoms with Gasteiger partial charge in [0.25, 0.3) is 0 Å². The van der Waals surface area contributed by atoms with Crippen molar-refractivity contribution in [2.45, 2.75) is 24.6 Å². The second-order valence-electron chi connectivity index (χ2n) is 5.65. The summed E-state index contributed by atoms with van der Waals surface area (Å²) in [5.41, 5.74) is 3.08. The lowest BCUT2D eigenvalue weighted by Crippen LogP contribution is -1.99. The van der Waals surface area contributed by atoms with Crippen LogP contribution in [0, 0.1) is 25.2 Å². The van der Waals surface area contributed by atoms with Crippen molar-refractivity contribution in [3.8, 4) is 28.1 Å². The fraction of sp³-hybridized carbons (Fsp3) is 0.263. The molecule has 2 aromatic heterocycles. The average molecular weight is 399 g/mol. The number of rotatable bonds is 6. The van der Waals surface area contributed by atoms with Crippen LogP contribution in [0.1, 0.15) is 22.8 Å². The minimum absolute atomic E-state index is 0.526. The highest BCUT2D eigenvalue weighted by molar-refractivity contribution is 7.98. The van der Waals surface area contributed by atoms with E-state index in [0.717, 1.165) is 27.8 Å². The Morgan fingerprint density at radius 1 is 1.15 bits per heavy atom. The predicted molar refractivity (Wildman–Crippen MR) is 106 cm³/mol. The Bertz CT molecular complexity index is 1010. The molecule has 0 amide bonds. The lowest BCUT2D eigenvalue weighted by molar-refractivity contribution is 0.395. The maximum Gasteiger partial charge on any atom is 0.132 e. The van der Waals surface area contributed by atoms with E-state index in [9.17, 15) is 5.26 Å². The Balaban J connectivity index is 1.81. The standard InChI is InChI=1S/C19H18N4O2S2/c1-11-16(8-20)19(22-12(2)21-11)27-10-13-9-26-18(23-13)15-6-5-14(24-3)7-17(15)25-4/h5-7,9H,10H2,1-4H3. The van der Waals surface area contributed by atoms with Crippen LogP contribution in [0.15, 0.2) is 28.6 Å². The highest BCUT2D eigenvalue weighted by Gasteiger charge is 2.14. The van der Waals surface area contributed by atoms with Gasteiger partial charge in [-0.05, 0) is 26.0 Å². The zero-order chi connectivity index (χ0) is 19.4. The lowest BCUT2D eigenvalue weighted by Gasteiger charge is -2.08. The van der Waals surface area contributed by atoms with Crippen LogP contribution in [0.4, 0.5) is 0 Å². The second kappa shape index (κ2) is 8.37. The third kappa shape index (κ3) is 4.21. The van der Waals surface area contributed by atoms with E-state index in [4.69, 9.17) is 14.5 Å². The molecule has 0 aliphatic carbocycles. The van der Waals surface area contributed by atoms with Crippen LogP contribution in [0.5, 0.6) is 11.5 Å². The number of ether oxygens (including phenoxy) is 2. The van der Waals surface area contributed by atoms with E-state index in [-0.39, 0.29) is 0 Å². The molecule has 0 bridgehead atoms. The van der Waals surface area contributed by atoms with Crippen molar-refractivity contribution in [1.29, 1.82) is 5.26 Å². The summed E-state index contributed by atoms with van der Waals surface area (Å²) in [6, 6.07) is 7.87. The number of aromatic nitrogens is 3. The van der Waals surface area contributed by atoms with Crippen LogP contribution >= 0.6 is 23.1 Å². The number of thiazole rings is 1. The number of methoxy groups -OCH3 is 2. The van der Waals surface area contributed by atoms with Gasteiger partial charge in [-0.3, -0.25) is 0 Å². The van der Waals surface area contributed by atoms with Gasteiger partial charge in [0.1, 0.15) is 39.0 Å². The molecule has 0 aliphatic heterocycles. The Morgan fingerprint density at radius 3 is 2.67 bits per heavy atom. The number of benzene rings is 1. The van der Waals surface area contributed by atoms with E-state index < -0.39 is 0 Å². The molecule has 6 nitrogen and oxygen atoms in total. The van der Waals surface area contributed by atoms with Gasteiger partial charge in [-0.2, -0.15) is 5.26 Å². The van der Waals surface area contributed by atoms with Gasteiger partial charge in [-0.25, -0.2) is 15.0 Å². The topological polar surface area (TPSA) is 80.9 Å². The van der Waals surface area contributed by atoms with Crippen molar-refractivity contribution in [3.05, 3.63) is 46.4 Å². The fourth-order valence-corrected chi connectivity index (χ4v) is 4.45. The van der Waals surface area contributed by atoms with Gasteiger partial charge >= 0.3 is 0 Å². The number of nitrogens with zero attached hydrogens (tertiary/aromatic N) is 4. The first-order valence-corrected chi connectivity index (χ1v) is 9.97. The summed E-state index contributed by atoms with van der Waals surface area (Å²) in [5.74, 6) is 2.74. The first-order chi connectivity index (χ1) is 13.0. The largest absolute Gasteiger partial charge is 0.497 e. The van der Waals surface area contributed by atoms with E-state index in [0.29, 0.717) is 27.9 Å². The molecule has 8 heteroatoms. The number of hydrogen-bond donors (Lipinski definition) is 0. The molecule has 0 fully saturated rings. The van der Waals surface area contributed by atoms with Crippen LogP contribution in [-0.4, -0.2) is 29.2 Å². The maximum atomic E-state index is 9.36. The van der Waals surface area contributed by atoms with Crippen LogP contribution in [0.2, 0.25) is 0 Å². The van der Waals surface area contributed by atoms with Crippen molar-refractivity contribution >= 4 is 23.1 Å². The van der Waals surface area contributed by atoms with Gasteiger partial charge < -0.3 is 9.47 Å². The summed E-state index contributed by atoms with van der Waals surface area (Å²) in [4.78, 5) is 13.4. The van der Waals surface area contributed by atoms with E-state index in [2.05, 4.69) is 16.0 Å². The maximum absolute atomic E-state index is 9.36. The number of hydrogen-bond acceptors (Lipinski definition) is 8. The molecule has 27 heavy (non-hydrogen) atoms. The molecule has 0 unspecified atom stereocenters. The first-order valence-electron chi connectivity index (χ1n) is 8.10. The molecule has 0 saturated carbocycles. The summed E-state index contributed by atoms with van der Waals surface area (Å²) in [6.45, 7) is 3.66. The minimum Gasteiger partial charge on any atom is -0.497 e. The van der Waals surface area contributed by atoms with Crippen LogP contribution in [0.25, 0.3) is 10.6 Å². The molecular weight excluding hydrogens is 380 g/mol. The summed E-state index contributed by atoms with van der Waals surface area (Å²) < 4.78 is 10.7. The zero-order valence-electron chi connectivity index (χ0n) is 15.4. The summed E-state index contributed by atoms with van der Waals surface area (Å²) in [7, 11) is 3.26. The smallest absolute Gasteiger partial charge is 0.132 e. The van der Waals surface area contributed by atoms with Crippen molar-refractivity contribution in [1.82, 2.24) is 15.0 Å².